The van der Waals surface area contributed by atoms with Crippen molar-refractivity contribution < 1.29 is 9.59 Å². The van der Waals surface area contributed by atoms with Gasteiger partial charge >= 0.3 is 0 Å². The Morgan fingerprint density at radius 3 is 2.19 bits per heavy atom. The molecule has 0 bridgehead atoms. The van der Waals surface area contributed by atoms with Gasteiger partial charge in [-0.15, -0.1) is 0 Å². The molecule has 2 aromatic rings. The molecular formula is C25H26Cl2N2O2. The summed E-state index contributed by atoms with van der Waals surface area (Å²) >= 11 is 12.6. The number of amides is 2. The average molecular weight is 457 g/mol. The van der Waals surface area contributed by atoms with E-state index in [-0.39, 0.29) is 11.8 Å². The monoisotopic (exact) mass is 456 g/mol. The van der Waals surface area contributed by atoms with Crippen LogP contribution in [0.1, 0.15) is 37.0 Å². The quantitative estimate of drug-likeness (QED) is 0.541. The van der Waals surface area contributed by atoms with Gasteiger partial charge in [-0.05, 0) is 67.0 Å². The fourth-order valence-corrected chi connectivity index (χ4v) is 5.06. The van der Waals surface area contributed by atoms with Crippen LogP contribution in [0, 0.1) is 25.7 Å². The number of piperidine rings is 1. The van der Waals surface area contributed by atoms with Crippen molar-refractivity contribution in [2.24, 2.45) is 11.8 Å². The van der Waals surface area contributed by atoms with Crippen LogP contribution in [0.3, 0.4) is 0 Å². The number of carbonyl (C=O) groups is 2. The Bertz CT molecular complexity index is 1100. The first kappa shape index (κ1) is 21.9. The molecule has 2 aromatic carbocycles. The maximum Gasteiger partial charge on any atom is 0.282 e. The summed E-state index contributed by atoms with van der Waals surface area (Å²) in [6.07, 6.45) is 1.11. The molecule has 0 saturated carbocycles. The second-order valence-corrected chi connectivity index (χ2v) is 9.76. The lowest BCUT2D eigenvalue weighted by Gasteiger charge is -2.37. The van der Waals surface area contributed by atoms with Gasteiger partial charge in [-0.1, -0.05) is 55.2 Å². The molecule has 0 aromatic heterocycles. The van der Waals surface area contributed by atoms with E-state index in [1.807, 2.05) is 32.0 Å². The van der Waals surface area contributed by atoms with Crippen LogP contribution in [0.2, 0.25) is 10.0 Å². The third kappa shape index (κ3) is 3.99. The van der Waals surface area contributed by atoms with E-state index in [0.29, 0.717) is 38.8 Å². The minimum Gasteiger partial charge on any atom is -0.366 e. The molecule has 0 aliphatic carbocycles. The Kier molecular flexibility index (Phi) is 5.89. The van der Waals surface area contributed by atoms with Crippen molar-refractivity contribution in [3.05, 3.63) is 68.8 Å². The van der Waals surface area contributed by atoms with Gasteiger partial charge in [-0.25, -0.2) is 4.90 Å². The lowest BCUT2D eigenvalue weighted by atomic mass is 9.90. The SMILES string of the molecule is Cc1ccc(C2=C(N3CC(C)CC(C)C3)C(=O)N(c3cc(Cl)ccc3Cl)C2=O)cc1C. The molecule has 2 unspecified atom stereocenters. The fourth-order valence-electron chi connectivity index (χ4n) is 4.69. The number of rotatable bonds is 3. The zero-order chi connectivity index (χ0) is 22.4. The van der Waals surface area contributed by atoms with E-state index in [4.69, 9.17) is 23.2 Å². The van der Waals surface area contributed by atoms with Crippen LogP contribution >= 0.6 is 23.2 Å². The number of imide groups is 1. The molecule has 6 heteroatoms. The Balaban J connectivity index is 1.89. The van der Waals surface area contributed by atoms with Gasteiger partial charge in [0.1, 0.15) is 5.70 Å². The number of hydrogen-bond donors (Lipinski definition) is 0. The highest BCUT2D eigenvalue weighted by atomic mass is 35.5. The standard InChI is InChI=1S/C25H26Cl2N2O2/c1-14-9-15(2)13-28(12-14)23-22(18-6-5-16(3)17(4)10-18)24(30)29(25(23)31)21-11-19(26)7-8-20(21)27/h5-8,10-11,14-15H,9,12-13H2,1-4H3. The largest absolute Gasteiger partial charge is 0.366 e. The fraction of sp³-hybridized carbons (Fsp3) is 0.360. The summed E-state index contributed by atoms with van der Waals surface area (Å²) in [4.78, 5) is 30.7. The highest BCUT2D eigenvalue weighted by Gasteiger charge is 2.44. The minimum absolute atomic E-state index is 0.312. The second kappa shape index (κ2) is 8.33. The van der Waals surface area contributed by atoms with Crippen molar-refractivity contribution in [2.75, 3.05) is 18.0 Å². The van der Waals surface area contributed by atoms with Crippen molar-refractivity contribution in [2.45, 2.75) is 34.1 Å². The number of halogens is 2. The summed E-state index contributed by atoms with van der Waals surface area (Å²) in [5.74, 6) is 0.162. The van der Waals surface area contributed by atoms with Gasteiger partial charge in [0.2, 0.25) is 0 Å². The molecule has 0 radical (unpaired) electrons. The summed E-state index contributed by atoms with van der Waals surface area (Å²) in [6, 6.07) is 10.7. The molecule has 162 valence electrons. The van der Waals surface area contributed by atoms with Crippen LogP contribution in [0.15, 0.2) is 42.1 Å². The van der Waals surface area contributed by atoms with Crippen LogP contribution in [0.5, 0.6) is 0 Å². The van der Waals surface area contributed by atoms with Crippen LogP contribution < -0.4 is 4.90 Å². The maximum atomic E-state index is 13.7. The lowest BCUT2D eigenvalue weighted by molar-refractivity contribution is -0.120. The molecule has 4 rings (SSSR count). The van der Waals surface area contributed by atoms with E-state index in [2.05, 4.69) is 18.7 Å². The first-order chi connectivity index (χ1) is 14.7. The van der Waals surface area contributed by atoms with E-state index in [0.717, 1.165) is 36.2 Å². The Morgan fingerprint density at radius 2 is 1.55 bits per heavy atom. The van der Waals surface area contributed by atoms with Crippen LogP contribution in [0.25, 0.3) is 5.57 Å². The predicted octanol–water partition coefficient (Wildman–Crippen LogP) is 5.87. The number of anilines is 1. The van der Waals surface area contributed by atoms with Crippen LogP contribution in [-0.2, 0) is 9.59 Å². The van der Waals surface area contributed by atoms with E-state index in [9.17, 15) is 9.59 Å². The summed E-state index contributed by atoms with van der Waals surface area (Å²) in [6.45, 7) is 9.89. The van der Waals surface area contributed by atoms with Crippen LogP contribution in [0.4, 0.5) is 5.69 Å². The number of likely N-dealkylation sites (tertiary alicyclic amines) is 1. The van der Waals surface area contributed by atoms with E-state index < -0.39 is 0 Å². The summed E-state index contributed by atoms with van der Waals surface area (Å²) in [7, 11) is 0. The van der Waals surface area contributed by atoms with Gasteiger partial charge in [0.05, 0.1) is 16.3 Å². The molecule has 2 aliphatic rings. The first-order valence-electron chi connectivity index (χ1n) is 10.6. The van der Waals surface area contributed by atoms with Gasteiger partial charge in [0.25, 0.3) is 11.8 Å². The van der Waals surface area contributed by atoms with Crippen molar-refractivity contribution in [3.8, 4) is 0 Å². The van der Waals surface area contributed by atoms with Crippen molar-refractivity contribution in [1.82, 2.24) is 4.90 Å². The third-order valence-corrected chi connectivity index (χ3v) is 6.74. The Labute approximate surface area is 193 Å². The first-order valence-corrected chi connectivity index (χ1v) is 11.3. The molecule has 2 amide bonds. The lowest BCUT2D eigenvalue weighted by Crippen LogP contribution is -2.42. The summed E-state index contributed by atoms with van der Waals surface area (Å²) in [5.41, 5.74) is 4.18. The molecule has 0 spiro atoms. The molecule has 0 N–H and O–H groups in total. The third-order valence-electron chi connectivity index (χ3n) is 6.19. The van der Waals surface area contributed by atoms with Crippen molar-refractivity contribution >= 4 is 46.3 Å². The van der Waals surface area contributed by atoms with Crippen LogP contribution in [-0.4, -0.2) is 29.8 Å². The Morgan fingerprint density at radius 1 is 0.871 bits per heavy atom. The summed E-state index contributed by atoms with van der Waals surface area (Å²) in [5, 5.41) is 0.730. The number of nitrogens with zero attached hydrogens (tertiary/aromatic N) is 2. The second-order valence-electron chi connectivity index (χ2n) is 8.92. The van der Waals surface area contributed by atoms with E-state index in [1.54, 1.807) is 18.2 Å². The number of carbonyl (C=O) groups excluding carboxylic acids is 2. The highest BCUT2D eigenvalue weighted by molar-refractivity contribution is 6.47. The average Bonchev–Trinajstić information content (AvgIpc) is 2.95. The van der Waals surface area contributed by atoms with Crippen molar-refractivity contribution in [1.29, 1.82) is 0 Å². The van der Waals surface area contributed by atoms with Gasteiger partial charge in [-0.3, -0.25) is 9.59 Å². The predicted molar refractivity (Wildman–Crippen MR) is 126 cm³/mol. The van der Waals surface area contributed by atoms with Crippen molar-refractivity contribution in [3.63, 3.8) is 0 Å². The Hall–Kier alpha value is -2.30. The summed E-state index contributed by atoms with van der Waals surface area (Å²) < 4.78 is 0. The molecule has 2 atom stereocenters. The normalized spacial score (nSPS) is 22.0. The molecule has 1 fully saturated rings. The molecule has 2 heterocycles. The zero-order valence-corrected chi connectivity index (χ0v) is 19.7. The van der Waals surface area contributed by atoms with Gasteiger partial charge in [-0.2, -0.15) is 0 Å². The molecule has 4 nitrogen and oxygen atoms in total. The molecular weight excluding hydrogens is 431 g/mol. The maximum absolute atomic E-state index is 13.7. The number of hydrogen-bond acceptors (Lipinski definition) is 3. The van der Waals surface area contributed by atoms with Gasteiger partial charge < -0.3 is 4.90 Å². The van der Waals surface area contributed by atoms with Gasteiger partial charge in [0, 0.05) is 18.1 Å². The smallest absolute Gasteiger partial charge is 0.282 e. The van der Waals surface area contributed by atoms with E-state index in [1.165, 1.54) is 4.90 Å². The number of aryl methyl sites for hydroxylation is 2. The van der Waals surface area contributed by atoms with Gasteiger partial charge in [0.15, 0.2) is 0 Å². The minimum atomic E-state index is -0.363. The zero-order valence-electron chi connectivity index (χ0n) is 18.2. The molecule has 31 heavy (non-hydrogen) atoms. The topological polar surface area (TPSA) is 40.6 Å². The molecule has 1 saturated heterocycles. The number of benzene rings is 2. The van der Waals surface area contributed by atoms with E-state index >= 15 is 0 Å². The highest BCUT2D eigenvalue weighted by Crippen LogP contribution is 2.40. The molecule has 2 aliphatic heterocycles.